The molecule has 1 aliphatic heterocycles. The summed E-state index contributed by atoms with van der Waals surface area (Å²) in [4.78, 5) is 11.4. The van der Waals surface area contributed by atoms with Gasteiger partial charge in [-0.05, 0) is 31.0 Å². The van der Waals surface area contributed by atoms with E-state index in [1.54, 1.807) is 23.9 Å². The predicted molar refractivity (Wildman–Crippen MR) is 62.3 cm³/mol. The van der Waals surface area contributed by atoms with Crippen molar-refractivity contribution in [2.45, 2.75) is 30.3 Å². The minimum absolute atomic E-state index is 0.159. The first-order valence-corrected chi connectivity index (χ1v) is 6.05. The molecule has 0 bridgehead atoms. The molecule has 3 heteroatoms. The number of Topliss-reactive ketones (excluding diaryl/α,β-unsaturated/α-hetero) is 1. The van der Waals surface area contributed by atoms with Gasteiger partial charge in [-0.2, -0.15) is 0 Å². The highest BCUT2D eigenvalue weighted by molar-refractivity contribution is 8.01. The van der Waals surface area contributed by atoms with Gasteiger partial charge in [-0.25, -0.2) is 0 Å². The van der Waals surface area contributed by atoms with Crippen LogP contribution in [0.1, 0.15) is 18.9 Å². The van der Waals surface area contributed by atoms with Gasteiger partial charge in [0.05, 0.1) is 5.25 Å². The number of benzene rings is 1. The SMILES string of the molecule is CC1SC(Cc2ccc(O)cc2)CC1=O. The van der Waals surface area contributed by atoms with Crippen LogP contribution in [0.4, 0.5) is 0 Å². The van der Waals surface area contributed by atoms with Gasteiger partial charge < -0.3 is 5.11 Å². The van der Waals surface area contributed by atoms with E-state index in [0.717, 1.165) is 6.42 Å². The Labute approximate surface area is 93.7 Å². The molecule has 0 aromatic heterocycles. The fraction of sp³-hybridized carbons (Fsp3) is 0.417. The fourth-order valence-corrected chi connectivity index (χ4v) is 3.19. The van der Waals surface area contributed by atoms with Crippen LogP contribution in [0.15, 0.2) is 24.3 Å². The molecule has 0 aliphatic carbocycles. The van der Waals surface area contributed by atoms with E-state index < -0.39 is 0 Å². The number of thioether (sulfide) groups is 1. The Morgan fingerprint density at radius 3 is 2.60 bits per heavy atom. The van der Waals surface area contributed by atoms with E-state index in [-0.39, 0.29) is 5.25 Å². The molecule has 1 heterocycles. The second-order valence-electron chi connectivity index (χ2n) is 3.94. The first-order valence-electron chi connectivity index (χ1n) is 5.11. The molecule has 0 amide bonds. The Balaban J connectivity index is 1.98. The molecule has 2 nitrogen and oxygen atoms in total. The van der Waals surface area contributed by atoms with Gasteiger partial charge in [-0.3, -0.25) is 4.79 Å². The van der Waals surface area contributed by atoms with Crippen molar-refractivity contribution in [2.75, 3.05) is 0 Å². The fourth-order valence-electron chi connectivity index (χ4n) is 1.82. The third-order valence-corrected chi connectivity index (χ3v) is 4.07. The number of carbonyl (C=O) groups excluding carboxylic acids is 1. The average Bonchev–Trinajstić information content (AvgIpc) is 2.50. The number of rotatable bonds is 2. The van der Waals surface area contributed by atoms with Gasteiger partial charge in [0.2, 0.25) is 0 Å². The molecule has 0 spiro atoms. The third kappa shape index (κ3) is 2.53. The molecular formula is C12H14O2S. The number of ketones is 1. The molecule has 80 valence electrons. The zero-order valence-electron chi connectivity index (χ0n) is 8.64. The van der Waals surface area contributed by atoms with E-state index in [9.17, 15) is 4.79 Å². The minimum Gasteiger partial charge on any atom is -0.508 e. The second-order valence-corrected chi connectivity index (χ2v) is 5.59. The van der Waals surface area contributed by atoms with E-state index in [0.29, 0.717) is 23.2 Å². The molecule has 15 heavy (non-hydrogen) atoms. The summed E-state index contributed by atoms with van der Waals surface area (Å²) in [6, 6.07) is 7.23. The zero-order chi connectivity index (χ0) is 10.8. The second kappa shape index (κ2) is 4.27. The van der Waals surface area contributed by atoms with Crippen molar-refractivity contribution in [2.24, 2.45) is 0 Å². The lowest BCUT2D eigenvalue weighted by atomic mass is 10.1. The molecule has 1 aliphatic rings. The molecule has 1 aromatic carbocycles. The van der Waals surface area contributed by atoms with Crippen LogP contribution >= 0.6 is 11.8 Å². The Kier molecular flexibility index (Phi) is 3.00. The van der Waals surface area contributed by atoms with Crippen LogP contribution in [0.25, 0.3) is 0 Å². The molecule has 2 unspecified atom stereocenters. The van der Waals surface area contributed by atoms with E-state index in [1.165, 1.54) is 5.56 Å². The molecule has 0 radical (unpaired) electrons. The Morgan fingerprint density at radius 1 is 1.40 bits per heavy atom. The lowest BCUT2D eigenvalue weighted by Crippen LogP contribution is -2.05. The first kappa shape index (κ1) is 10.6. The van der Waals surface area contributed by atoms with Crippen molar-refractivity contribution in [3.8, 4) is 5.75 Å². The van der Waals surface area contributed by atoms with Gasteiger partial charge >= 0.3 is 0 Å². The average molecular weight is 222 g/mol. The number of phenolic OH excluding ortho intramolecular Hbond substituents is 1. The molecule has 2 rings (SSSR count). The largest absolute Gasteiger partial charge is 0.508 e. The molecule has 1 N–H and O–H groups in total. The molecule has 1 aromatic rings. The van der Waals surface area contributed by atoms with E-state index in [4.69, 9.17) is 5.11 Å². The van der Waals surface area contributed by atoms with Crippen molar-refractivity contribution in [3.63, 3.8) is 0 Å². The summed E-state index contributed by atoms with van der Waals surface area (Å²) >= 11 is 1.76. The van der Waals surface area contributed by atoms with E-state index in [2.05, 4.69) is 0 Å². The molecule has 0 saturated carbocycles. The van der Waals surface area contributed by atoms with Gasteiger partial charge in [0.15, 0.2) is 0 Å². The number of hydrogen-bond acceptors (Lipinski definition) is 3. The Morgan fingerprint density at radius 2 is 2.07 bits per heavy atom. The topological polar surface area (TPSA) is 37.3 Å². The summed E-state index contributed by atoms with van der Waals surface area (Å²) in [5.74, 6) is 0.658. The minimum atomic E-state index is 0.159. The molecule has 2 atom stereocenters. The Bertz CT molecular complexity index is 358. The summed E-state index contributed by atoms with van der Waals surface area (Å²) in [6.07, 6.45) is 1.60. The highest BCUT2D eigenvalue weighted by Crippen LogP contribution is 2.32. The smallest absolute Gasteiger partial charge is 0.146 e. The highest BCUT2D eigenvalue weighted by Gasteiger charge is 2.29. The summed E-state index contributed by atoms with van der Waals surface area (Å²) in [6.45, 7) is 1.98. The molecular weight excluding hydrogens is 208 g/mol. The monoisotopic (exact) mass is 222 g/mol. The van der Waals surface area contributed by atoms with Crippen LogP contribution in [0.2, 0.25) is 0 Å². The van der Waals surface area contributed by atoms with Crippen LogP contribution in [0.3, 0.4) is 0 Å². The van der Waals surface area contributed by atoms with Crippen molar-refractivity contribution in [1.82, 2.24) is 0 Å². The summed E-state index contributed by atoms with van der Waals surface area (Å²) < 4.78 is 0. The summed E-state index contributed by atoms with van der Waals surface area (Å²) in [5.41, 5.74) is 1.19. The normalized spacial score (nSPS) is 25.8. The number of phenols is 1. The highest BCUT2D eigenvalue weighted by atomic mass is 32.2. The van der Waals surface area contributed by atoms with Crippen LogP contribution in [-0.4, -0.2) is 21.4 Å². The maximum absolute atomic E-state index is 11.4. The van der Waals surface area contributed by atoms with Crippen molar-refractivity contribution in [1.29, 1.82) is 0 Å². The van der Waals surface area contributed by atoms with Crippen LogP contribution < -0.4 is 0 Å². The quantitative estimate of drug-likeness (QED) is 0.835. The van der Waals surface area contributed by atoms with Gasteiger partial charge in [0.25, 0.3) is 0 Å². The van der Waals surface area contributed by atoms with Crippen molar-refractivity contribution >= 4 is 17.5 Å². The maximum atomic E-state index is 11.4. The van der Waals surface area contributed by atoms with Crippen LogP contribution in [-0.2, 0) is 11.2 Å². The van der Waals surface area contributed by atoms with Crippen molar-refractivity contribution < 1.29 is 9.90 Å². The van der Waals surface area contributed by atoms with Gasteiger partial charge in [0.1, 0.15) is 11.5 Å². The van der Waals surface area contributed by atoms with Gasteiger partial charge in [-0.15, -0.1) is 11.8 Å². The van der Waals surface area contributed by atoms with Gasteiger partial charge in [-0.1, -0.05) is 12.1 Å². The lowest BCUT2D eigenvalue weighted by Gasteiger charge is -2.07. The number of aromatic hydroxyl groups is 1. The number of carbonyl (C=O) groups is 1. The standard InChI is InChI=1S/C12H14O2S/c1-8-12(14)7-11(15-8)6-9-2-4-10(13)5-3-9/h2-5,8,11,13H,6-7H2,1H3. The number of hydrogen-bond donors (Lipinski definition) is 1. The first-order chi connectivity index (χ1) is 7.15. The predicted octanol–water partition coefficient (Wildman–Crippen LogP) is 2.40. The van der Waals surface area contributed by atoms with Crippen molar-refractivity contribution in [3.05, 3.63) is 29.8 Å². The zero-order valence-corrected chi connectivity index (χ0v) is 9.46. The molecule has 1 saturated heterocycles. The maximum Gasteiger partial charge on any atom is 0.146 e. The van der Waals surface area contributed by atoms with E-state index in [1.807, 2.05) is 19.1 Å². The Hall–Kier alpha value is -0.960. The third-order valence-electron chi connectivity index (χ3n) is 2.68. The lowest BCUT2D eigenvalue weighted by molar-refractivity contribution is -0.117. The summed E-state index contributed by atoms with van der Waals surface area (Å²) in [7, 11) is 0. The molecule has 1 fully saturated rings. The van der Waals surface area contributed by atoms with Gasteiger partial charge in [0, 0.05) is 11.7 Å². The van der Waals surface area contributed by atoms with Crippen LogP contribution in [0.5, 0.6) is 5.75 Å². The summed E-state index contributed by atoms with van der Waals surface area (Å²) in [5, 5.41) is 9.72. The van der Waals surface area contributed by atoms with E-state index >= 15 is 0 Å². The van der Waals surface area contributed by atoms with Crippen LogP contribution in [0, 0.1) is 0 Å².